The number of hydrogen-bond acceptors (Lipinski definition) is 5. The van der Waals surface area contributed by atoms with Gasteiger partial charge in [0, 0.05) is 32.2 Å². The monoisotopic (exact) mass is 503 g/mol. The molecule has 0 saturated carbocycles. The molecule has 35 heavy (non-hydrogen) atoms. The van der Waals surface area contributed by atoms with Gasteiger partial charge in [-0.2, -0.15) is 0 Å². The lowest BCUT2D eigenvalue weighted by Crippen LogP contribution is -2.30. The number of anilines is 1. The Morgan fingerprint density at radius 2 is 1.51 bits per heavy atom. The zero-order valence-corrected chi connectivity index (χ0v) is 22.4. The van der Waals surface area contributed by atoms with Gasteiger partial charge in [0.15, 0.2) is 5.75 Å². The van der Waals surface area contributed by atoms with E-state index in [1.807, 2.05) is 25.1 Å². The molecule has 0 atom stereocenters. The van der Waals surface area contributed by atoms with E-state index in [1.54, 1.807) is 30.1 Å². The summed E-state index contributed by atoms with van der Waals surface area (Å²) in [4.78, 5) is 16.6. The van der Waals surface area contributed by atoms with Gasteiger partial charge < -0.3 is 14.5 Å². The van der Waals surface area contributed by atoms with Crippen LogP contribution < -0.4 is 14.8 Å². The normalized spacial score (nSPS) is 10.8. The van der Waals surface area contributed by atoms with Crippen molar-refractivity contribution in [1.82, 2.24) is 4.90 Å². The molecule has 0 aliphatic heterocycles. The first-order chi connectivity index (χ1) is 16.7. The number of rotatable bonds is 13. The SMILES string of the molecule is C=C.CCCCN(CCCC)c1cc(C(=O)N(C)CCC)cc(S(N)(=O)=O)c1Oc1ccccc1. The van der Waals surface area contributed by atoms with E-state index in [4.69, 9.17) is 9.88 Å². The second kappa shape index (κ2) is 15.2. The Balaban J connectivity index is 0.00000298. The van der Waals surface area contributed by atoms with E-state index in [-0.39, 0.29) is 22.1 Å². The number of ether oxygens (including phenoxy) is 1. The van der Waals surface area contributed by atoms with Gasteiger partial charge >= 0.3 is 0 Å². The van der Waals surface area contributed by atoms with Gasteiger partial charge in [-0.1, -0.05) is 51.8 Å². The van der Waals surface area contributed by atoms with Crippen LogP contribution in [0.15, 0.2) is 60.5 Å². The predicted octanol–water partition coefficient (Wildman–Crippen LogP) is 5.82. The van der Waals surface area contributed by atoms with Gasteiger partial charge in [-0.3, -0.25) is 4.79 Å². The highest BCUT2D eigenvalue weighted by Gasteiger charge is 2.27. The van der Waals surface area contributed by atoms with E-state index >= 15 is 0 Å². The van der Waals surface area contributed by atoms with Crippen LogP contribution in [0.2, 0.25) is 0 Å². The van der Waals surface area contributed by atoms with Crippen LogP contribution in [-0.4, -0.2) is 45.9 Å². The number of carbonyl (C=O) groups excluding carboxylic acids is 1. The van der Waals surface area contributed by atoms with Crippen molar-refractivity contribution in [2.45, 2.75) is 57.8 Å². The molecule has 2 aromatic rings. The summed E-state index contributed by atoms with van der Waals surface area (Å²) in [6.45, 7) is 14.2. The number of sulfonamides is 1. The number of para-hydroxylation sites is 1. The van der Waals surface area contributed by atoms with Gasteiger partial charge in [0.05, 0.1) is 5.69 Å². The van der Waals surface area contributed by atoms with Crippen molar-refractivity contribution in [3.63, 3.8) is 0 Å². The summed E-state index contributed by atoms with van der Waals surface area (Å²) in [5, 5.41) is 5.63. The van der Waals surface area contributed by atoms with E-state index in [9.17, 15) is 13.2 Å². The first kappa shape index (κ1) is 30.2. The molecule has 0 bridgehead atoms. The fraction of sp³-hybridized carbons (Fsp3) is 0.444. The molecule has 0 aromatic heterocycles. The first-order valence-electron chi connectivity index (χ1n) is 12.2. The Labute approximate surface area is 211 Å². The molecule has 2 rings (SSSR count). The maximum absolute atomic E-state index is 13.1. The van der Waals surface area contributed by atoms with E-state index < -0.39 is 10.0 Å². The second-order valence-corrected chi connectivity index (χ2v) is 9.73. The third-order valence-electron chi connectivity index (χ3n) is 5.36. The number of carbonyl (C=O) groups is 1. The molecule has 1 amide bonds. The summed E-state index contributed by atoms with van der Waals surface area (Å²) in [5.74, 6) is 0.405. The highest BCUT2D eigenvalue weighted by molar-refractivity contribution is 7.89. The lowest BCUT2D eigenvalue weighted by atomic mass is 10.1. The van der Waals surface area contributed by atoms with Gasteiger partial charge in [-0.15, -0.1) is 13.2 Å². The van der Waals surface area contributed by atoms with Gasteiger partial charge in [-0.25, -0.2) is 13.6 Å². The molecule has 0 aliphatic rings. The smallest absolute Gasteiger partial charge is 0.253 e. The van der Waals surface area contributed by atoms with E-state index in [0.717, 1.165) is 32.1 Å². The molecule has 194 valence electrons. The number of hydrogen-bond donors (Lipinski definition) is 1. The average Bonchev–Trinajstić information content (AvgIpc) is 2.85. The molecule has 0 fully saturated rings. The standard InChI is InChI=1S/C25H37N3O4S.C2H4/c1-5-8-16-28(17-9-6-2)22-18-20(25(29)27(4)15-7-3)19-23(33(26,30)31)24(22)32-21-13-11-10-12-14-21;1-2/h10-14,18-19H,5-9,15-17H2,1-4H3,(H2,26,30,31);1-2H2. The van der Waals surface area contributed by atoms with Crippen LogP contribution in [-0.2, 0) is 10.0 Å². The van der Waals surface area contributed by atoms with Crippen LogP contribution >= 0.6 is 0 Å². The maximum Gasteiger partial charge on any atom is 0.253 e. The molecule has 0 heterocycles. The molecule has 0 aliphatic carbocycles. The lowest BCUT2D eigenvalue weighted by molar-refractivity contribution is 0.0795. The number of unbranched alkanes of at least 4 members (excludes halogenated alkanes) is 2. The molecule has 0 saturated heterocycles. The third-order valence-corrected chi connectivity index (χ3v) is 6.28. The fourth-order valence-electron chi connectivity index (χ4n) is 3.57. The van der Waals surface area contributed by atoms with Crippen molar-refractivity contribution in [3.05, 3.63) is 61.2 Å². The zero-order valence-electron chi connectivity index (χ0n) is 21.6. The van der Waals surface area contributed by atoms with Crippen LogP contribution in [0.3, 0.4) is 0 Å². The van der Waals surface area contributed by atoms with Gasteiger partial charge in [0.2, 0.25) is 10.0 Å². The Morgan fingerprint density at radius 1 is 0.943 bits per heavy atom. The Bertz CT molecular complexity index is 1020. The van der Waals surface area contributed by atoms with Crippen molar-refractivity contribution >= 4 is 21.6 Å². The third kappa shape index (κ3) is 9.03. The molecular formula is C27H41N3O4S. The number of nitrogens with zero attached hydrogens (tertiary/aromatic N) is 2. The topological polar surface area (TPSA) is 92.9 Å². The summed E-state index contributed by atoms with van der Waals surface area (Å²) in [5.41, 5.74) is 0.851. The second-order valence-electron chi connectivity index (χ2n) is 8.20. The molecule has 2 aromatic carbocycles. The zero-order chi connectivity index (χ0) is 26.4. The molecule has 0 radical (unpaired) electrons. The summed E-state index contributed by atoms with van der Waals surface area (Å²) in [6.07, 6.45) is 4.61. The largest absolute Gasteiger partial charge is 0.454 e. The van der Waals surface area contributed by atoms with E-state index in [1.165, 1.54) is 6.07 Å². The minimum atomic E-state index is -4.17. The Morgan fingerprint density at radius 3 is 2.00 bits per heavy atom. The van der Waals surface area contributed by atoms with Crippen LogP contribution in [0.5, 0.6) is 11.5 Å². The minimum Gasteiger partial charge on any atom is -0.454 e. The van der Waals surface area contributed by atoms with Crippen LogP contribution in [0.1, 0.15) is 63.2 Å². The maximum atomic E-state index is 13.1. The summed E-state index contributed by atoms with van der Waals surface area (Å²) in [6, 6.07) is 12.1. The van der Waals surface area contributed by atoms with Crippen molar-refractivity contribution in [3.8, 4) is 11.5 Å². The number of primary sulfonamides is 1. The van der Waals surface area contributed by atoms with E-state index in [0.29, 0.717) is 31.1 Å². The average molecular weight is 504 g/mol. The lowest BCUT2D eigenvalue weighted by Gasteiger charge is -2.29. The van der Waals surface area contributed by atoms with Crippen molar-refractivity contribution in [1.29, 1.82) is 0 Å². The fourth-order valence-corrected chi connectivity index (χ4v) is 4.27. The van der Waals surface area contributed by atoms with Gasteiger partial charge in [-0.05, 0) is 43.5 Å². The van der Waals surface area contributed by atoms with Gasteiger partial charge in [0.25, 0.3) is 5.91 Å². The van der Waals surface area contributed by atoms with Crippen LogP contribution in [0.25, 0.3) is 0 Å². The Hall–Kier alpha value is -2.84. The number of nitrogens with two attached hydrogens (primary N) is 1. The predicted molar refractivity (Wildman–Crippen MR) is 145 cm³/mol. The molecular weight excluding hydrogens is 462 g/mol. The molecule has 0 unspecified atom stereocenters. The van der Waals surface area contributed by atoms with E-state index in [2.05, 4.69) is 31.9 Å². The highest BCUT2D eigenvalue weighted by atomic mass is 32.2. The van der Waals surface area contributed by atoms with Crippen LogP contribution in [0.4, 0.5) is 5.69 Å². The Kier molecular flexibility index (Phi) is 13.1. The first-order valence-corrected chi connectivity index (χ1v) is 13.7. The van der Waals surface area contributed by atoms with Crippen molar-refractivity contribution in [2.75, 3.05) is 31.6 Å². The number of benzene rings is 2. The van der Waals surface area contributed by atoms with Crippen molar-refractivity contribution < 1.29 is 17.9 Å². The molecule has 2 N–H and O–H groups in total. The summed E-state index contributed by atoms with van der Waals surface area (Å²) < 4.78 is 31.5. The summed E-state index contributed by atoms with van der Waals surface area (Å²) >= 11 is 0. The minimum absolute atomic E-state index is 0.158. The quantitative estimate of drug-likeness (QED) is 0.348. The highest BCUT2D eigenvalue weighted by Crippen LogP contribution is 2.40. The van der Waals surface area contributed by atoms with Crippen molar-refractivity contribution in [2.24, 2.45) is 5.14 Å². The van der Waals surface area contributed by atoms with Crippen LogP contribution in [0, 0.1) is 0 Å². The number of amides is 1. The molecule has 0 spiro atoms. The van der Waals surface area contributed by atoms with Gasteiger partial charge in [0.1, 0.15) is 10.6 Å². The molecule has 7 nitrogen and oxygen atoms in total. The summed E-state index contributed by atoms with van der Waals surface area (Å²) in [7, 11) is -2.46. The molecule has 8 heteroatoms.